The van der Waals surface area contributed by atoms with E-state index >= 15 is 0 Å². The molecule has 1 fully saturated rings. The Morgan fingerprint density at radius 1 is 1.00 bits per heavy atom. The number of carbonyl (C=O) groups is 1. The third kappa shape index (κ3) is 7.21. The molecule has 8 rings (SSSR count). The van der Waals surface area contributed by atoms with Gasteiger partial charge in [-0.2, -0.15) is 0 Å². The molecule has 3 N–H and O–H groups in total. The second-order valence-electron chi connectivity index (χ2n) is 14.2. The standard InChI is InChI=1S/C42H42F2N6O4/c1-28-22-30-6-2-3-7-31(30)25-48(28)40(52)36-24-39-38(53-27-54-39)23-35(36)37-8-4-20-49(46-37)41(45)50(33-13-15-34(51)16-14-33)32-11-9-29(10-12-32)17-21-47-19-5-18-42(43,44)26-47/h2-4,6-16,20,23-24,28,45-46,51H,5,17-19,21-22,25-27H2,1H3/t28-/m1/s1. The normalized spacial score (nSPS) is 18.8. The summed E-state index contributed by atoms with van der Waals surface area (Å²) in [5.74, 6) is -1.62. The third-order valence-corrected chi connectivity index (χ3v) is 10.5. The number of phenolic OH excluding ortho intramolecular Hbond substituents is 1. The van der Waals surface area contributed by atoms with Gasteiger partial charge in [-0.3, -0.25) is 25.4 Å². The Labute approximate surface area is 313 Å². The summed E-state index contributed by atoms with van der Waals surface area (Å²) >= 11 is 0. The number of guanidine groups is 1. The van der Waals surface area contributed by atoms with Gasteiger partial charge in [0.15, 0.2) is 11.5 Å². The van der Waals surface area contributed by atoms with Crippen molar-refractivity contribution in [1.82, 2.24) is 20.2 Å². The van der Waals surface area contributed by atoms with Crippen LogP contribution in [0.25, 0.3) is 5.70 Å². The summed E-state index contributed by atoms with van der Waals surface area (Å²) < 4.78 is 39.4. The number of alkyl halides is 2. The van der Waals surface area contributed by atoms with Crippen LogP contribution >= 0.6 is 0 Å². The van der Waals surface area contributed by atoms with Crippen molar-refractivity contribution in [2.45, 2.75) is 51.1 Å². The Hall–Kier alpha value is -5.88. The largest absolute Gasteiger partial charge is 0.508 e. The number of piperidine rings is 1. The van der Waals surface area contributed by atoms with E-state index in [1.54, 1.807) is 58.6 Å². The Morgan fingerprint density at radius 3 is 2.44 bits per heavy atom. The van der Waals surface area contributed by atoms with E-state index in [0.29, 0.717) is 72.2 Å². The van der Waals surface area contributed by atoms with Crippen molar-refractivity contribution in [2.75, 3.05) is 31.3 Å². The molecule has 54 heavy (non-hydrogen) atoms. The minimum atomic E-state index is -2.64. The lowest BCUT2D eigenvalue weighted by molar-refractivity contribution is -0.0635. The van der Waals surface area contributed by atoms with Gasteiger partial charge in [-0.05, 0) is 110 Å². The highest BCUT2D eigenvalue weighted by atomic mass is 19.3. The molecule has 4 aliphatic rings. The monoisotopic (exact) mass is 732 g/mol. The second kappa shape index (κ2) is 14.5. The van der Waals surface area contributed by atoms with Crippen molar-refractivity contribution in [3.63, 3.8) is 0 Å². The molecular weight excluding hydrogens is 690 g/mol. The van der Waals surface area contributed by atoms with Gasteiger partial charge in [0.2, 0.25) is 12.8 Å². The Morgan fingerprint density at radius 2 is 1.70 bits per heavy atom. The number of hydrazine groups is 1. The Balaban J connectivity index is 1.05. The lowest BCUT2D eigenvalue weighted by Gasteiger charge is -2.36. The van der Waals surface area contributed by atoms with Gasteiger partial charge in [-0.15, -0.1) is 0 Å². The van der Waals surface area contributed by atoms with Gasteiger partial charge < -0.3 is 19.5 Å². The number of likely N-dealkylation sites (tertiary alicyclic amines) is 1. The van der Waals surface area contributed by atoms with E-state index in [1.165, 1.54) is 5.56 Å². The summed E-state index contributed by atoms with van der Waals surface area (Å²) in [6.07, 6.45) is 7.19. The highest BCUT2D eigenvalue weighted by Gasteiger charge is 2.35. The fourth-order valence-electron chi connectivity index (χ4n) is 7.59. The Bertz CT molecular complexity index is 2120. The highest BCUT2D eigenvalue weighted by molar-refractivity contribution is 6.03. The van der Waals surface area contributed by atoms with Crippen molar-refractivity contribution in [1.29, 1.82) is 5.41 Å². The van der Waals surface area contributed by atoms with Crippen LogP contribution < -0.4 is 19.8 Å². The molecule has 0 bridgehead atoms. The molecule has 0 radical (unpaired) electrons. The number of hydrogen-bond acceptors (Lipinski definition) is 7. The average Bonchev–Trinajstić information content (AvgIpc) is 3.65. The van der Waals surface area contributed by atoms with E-state index in [1.807, 2.05) is 52.3 Å². The first-order chi connectivity index (χ1) is 26.1. The SMILES string of the molecule is C[C@@H]1Cc2ccccc2CN1C(=O)c1cc2c(cc1C1=CC=CN(C(=N)N(c3ccc(O)cc3)c3ccc(CCN4CCCC(F)(F)C4)cc3)N1)OCO2. The van der Waals surface area contributed by atoms with E-state index in [2.05, 4.69) is 24.5 Å². The molecule has 4 aromatic rings. The summed E-state index contributed by atoms with van der Waals surface area (Å²) in [6, 6.07) is 26.0. The molecule has 4 aromatic carbocycles. The van der Waals surface area contributed by atoms with E-state index in [4.69, 9.17) is 9.47 Å². The van der Waals surface area contributed by atoms with Gasteiger partial charge in [0, 0.05) is 48.7 Å². The minimum Gasteiger partial charge on any atom is -0.508 e. The van der Waals surface area contributed by atoms with Crippen LogP contribution in [0.5, 0.6) is 17.2 Å². The van der Waals surface area contributed by atoms with Gasteiger partial charge in [0.25, 0.3) is 11.8 Å². The first kappa shape index (κ1) is 35.2. The van der Waals surface area contributed by atoms with Crippen molar-refractivity contribution in [3.05, 3.63) is 131 Å². The fourth-order valence-corrected chi connectivity index (χ4v) is 7.59. The highest BCUT2D eigenvalue weighted by Crippen LogP contribution is 2.39. The van der Waals surface area contributed by atoms with Crippen molar-refractivity contribution >= 4 is 28.9 Å². The number of nitrogens with one attached hydrogen (secondary N) is 2. The zero-order valence-corrected chi connectivity index (χ0v) is 30.0. The molecule has 12 heteroatoms. The Kier molecular flexibility index (Phi) is 9.45. The van der Waals surface area contributed by atoms with Gasteiger partial charge in [0.1, 0.15) is 5.75 Å². The predicted molar refractivity (Wildman–Crippen MR) is 203 cm³/mol. The smallest absolute Gasteiger partial charge is 0.260 e. The van der Waals surface area contributed by atoms with Gasteiger partial charge in [-0.25, -0.2) is 13.8 Å². The number of fused-ring (bicyclic) bond motifs is 2. The van der Waals surface area contributed by atoms with E-state index in [-0.39, 0.29) is 43.4 Å². The quantitative estimate of drug-likeness (QED) is 0.133. The number of nitrogens with zero attached hydrogens (tertiary/aromatic N) is 4. The molecule has 10 nitrogen and oxygen atoms in total. The molecule has 0 aromatic heterocycles. The first-order valence-electron chi connectivity index (χ1n) is 18.2. The predicted octanol–water partition coefficient (Wildman–Crippen LogP) is 7.43. The molecule has 0 spiro atoms. The second-order valence-corrected chi connectivity index (χ2v) is 14.2. The zero-order chi connectivity index (χ0) is 37.4. The van der Waals surface area contributed by atoms with Crippen LogP contribution in [0.2, 0.25) is 0 Å². The number of carbonyl (C=O) groups excluding carboxylic acids is 1. The van der Waals surface area contributed by atoms with Crippen LogP contribution in [0.1, 0.15) is 52.4 Å². The lowest BCUT2D eigenvalue weighted by Crippen LogP contribution is -2.46. The van der Waals surface area contributed by atoms with E-state index in [9.17, 15) is 24.1 Å². The van der Waals surface area contributed by atoms with Crippen LogP contribution in [-0.2, 0) is 19.4 Å². The maximum Gasteiger partial charge on any atom is 0.260 e. The number of amides is 1. The van der Waals surface area contributed by atoms with Gasteiger partial charge >= 0.3 is 0 Å². The van der Waals surface area contributed by atoms with E-state index in [0.717, 1.165) is 17.5 Å². The number of phenols is 1. The summed E-state index contributed by atoms with van der Waals surface area (Å²) in [5, 5.41) is 21.1. The fraction of sp³-hybridized carbons (Fsp3) is 0.286. The van der Waals surface area contributed by atoms with Crippen LogP contribution in [0.4, 0.5) is 20.2 Å². The number of hydrogen-bond donors (Lipinski definition) is 3. The van der Waals surface area contributed by atoms with Crippen LogP contribution in [0, 0.1) is 5.41 Å². The van der Waals surface area contributed by atoms with Crippen LogP contribution in [-0.4, -0.2) is 70.2 Å². The van der Waals surface area contributed by atoms with Crippen LogP contribution in [0.3, 0.4) is 0 Å². The molecule has 1 amide bonds. The molecule has 4 heterocycles. The lowest BCUT2D eigenvalue weighted by atomic mass is 9.93. The molecule has 4 aliphatic heterocycles. The third-order valence-electron chi connectivity index (χ3n) is 10.5. The summed E-state index contributed by atoms with van der Waals surface area (Å²) in [6.45, 7) is 3.60. The number of aromatic hydroxyl groups is 1. The number of benzene rings is 4. The number of ether oxygens (including phenoxy) is 2. The van der Waals surface area contributed by atoms with E-state index < -0.39 is 5.92 Å². The van der Waals surface area contributed by atoms with Crippen molar-refractivity contribution < 1.29 is 28.2 Å². The molecule has 0 aliphatic carbocycles. The molecular formula is C42H42F2N6O4. The molecule has 278 valence electrons. The molecule has 0 saturated carbocycles. The number of halogens is 2. The summed E-state index contributed by atoms with van der Waals surface area (Å²) in [5.41, 5.74) is 9.66. The van der Waals surface area contributed by atoms with Crippen LogP contribution in [0.15, 0.2) is 103 Å². The van der Waals surface area contributed by atoms with Gasteiger partial charge in [0.05, 0.1) is 17.8 Å². The molecule has 1 atom stereocenters. The first-order valence-corrected chi connectivity index (χ1v) is 18.2. The van der Waals surface area contributed by atoms with Gasteiger partial charge in [-0.1, -0.05) is 36.4 Å². The maximum absolute atomic E-state index is 14.4. The molecule has 0 unspecified atom stereocenters. The van der Waals surface area contributed by atoms with Crippen molar-refractivity contribution in [2.24, 2.45) is 0 Å². The maximum atomic E-state index is 14.4. The summed E-state index contributed by atoms with van der Waals surface area (Å²) in [4.78, 5) is 19.9. The minimum absolute atomic E-state index is 0.0247. The number of anilines is 2. The average molecular weight is 733 g/mol. The molecule has 1 saturated heterocycles. The number of rotatable bonds is 7. The summed E-state index contributed by atoms with van der Waals surface area (Å²) in [7, 11) is 0. The number of allylic oxidation sites excluding steroid dienone is 2. The topological polar surface area (TPSA) is 105 Å². The zero-order valence-electron chi connectivity index (χ0n) is 30.0. The van der Waals surface area contributed by atoms with Crippen molar-refractivity contribution in [3.8, 4) is 17.2 Å².